The lowest BCUT2D eigenvalue weighted by Gasteiger charge is -2.11. The van der Waals surface area contributed by atoms with Crippen LogP contribution in [0.1, 0.15) is 11.3 Å². The summed E-state index contributed by atoms with van der Waals surface area (Å²) in [6, 6.07) is 22.8. The van der Waals surface area contributed by atoms with Gasteiger partial charge in [-0.15, -0.1) is 0 Å². The first kappa shape index (κ1) is 17.2. The van der Waals surface area contributed by atoms with Crippen molar-refractivity contribution >= 4 is 23.3 Å². The van der Waals surface area contributed by atoms with Crippen molar-refractivity contribution in [2.45, 2.75) is 6.92 Å². The van der Waals surface area contributed by atoms with E-state index in [4.69, 9.17) is 9.78 Å². The van der Waals surface area contributed by atoms with E-state index in [-0.39, 0.29) is 0 Å². The second-order valence-corrected chi connectivity index (χ2v) is 6.09. The molecule has 0 aliphatic rings. The van der Waals surface area contributed by atoms with Crippen LogP contribution in [0, 0.1) is 18.3 Å². The van der Waals surface area contributed by atoms with Gasteiger partial charge in [0.25, 0.3) is 0 Å². The minimum atomic E-state index is 0.383. The van der Waals surface area contributed by atoms with Gasteiger partial charge in [-0.3, -0.25) is 0 Å². The first-order valence-electron chi connectivity index (χ1n) is 8.62. The van der Waals surface area contributed by atoms with Gasteiger partial charge in [-0.25, -0.2) is 4.98 Å². The molecular formula is C21H16N6O. The SMILES string of the molecule is Cc1cc(Nc2nc(Nc3cccc(C#N)c3)cc(-c3ccccc3)n2)no1. The molecule has 7 heteroatoms. The number of anilines is 4. The minimum absolute atomic E-state index is 0.383. The summed E-state index contributed by atoms with van der Waals surface area (Å²) in [5.74, 6) is 2.19. The molecule has 0 saturated heterocycles. The molecule has 2 heterocycles. The first-order chi connectivity index (χ1) is 13.7. The molecule has 0 aliphatic carbocycles. The maximum atomic E-state index is 9.10. The standard InChI is InChI=1S/C21H16N6O/c1-14-10-20(27-28-14)26-21-24-18(16-7-3-2-4-8-16)12-19(25-21)23-17-9-5-6-15(11-17)13-22/h2-12H,1H3,(H2,23,24,25,26,27). The second kappa shape index (κ2) is 7.60. The number of nitriles is 1. The third-order valence-electron chi connectivity index (χ3n) is 3.93. The predicted octanol–water partition coefficient (Wildman–Crippen LogP) is 4.80. The smallest absolute Gasteiger partial charge is 0.231 e. The fraction of sp³-hybridized carbons (Fsp3) is 0.0476. The van der Waals surface area contributed by atoms with E-state index in [1.54, 1.807) is 18.2 Å². The number of rotatable bonds is 5. The summed E-state index contributed by atoms with van der Waals surface area (Å²) >= 11 is 0. The predicted molar refractivity (Wildman–Crippen MR) is 106 cm³/mol. The maximum absolute atomic E-state index is 9.10. The normalized spacial score (nSPS) is 10.3. The Hall–Kier alpha value is -4.18. The summed E-state index contributed by atoms with van der Waals surface area (Å²) in [7, 11) is 0. The number of hydrogen-bond donors (Lipinski definition) is 2. The van der Waals surface area contributed by atoms with Gasteiger partial charge in [0, 0.05) is 23.4 Å². The zero-order valence-electron chi connectivity index (χ0n) is 15.0. The van der Waals surface area contributed by atoms with Crippen molar-refractivity contribution in [2.75, 3.05) is 10.6 Å². The number of nitrogens with zero attached hydrogens (tertiary/aromatic N) is 4. The summed E-state index contributed by atoms with van der Waals surface area (Å²) in [6.45, 7) is 1.81. The molecule has 0 aliphatic heterocycles. The third-order valence-corrected chi connectivity index (χ3v) is 3.93. The summed E-state index contributed by atoms with van der Waals surface area (Å²) in [4.78, 5) is 9.10. The van der Waals surface area contributed by atoms with Crippen molar-refractivity contribution in [3.8, 4) is 17.3 Å². The molecule has 0 saturated carbocycles. The molecule has 7 nitrogen and oxygen atoms in total. The molecular weight excluding hydrogens is 352 g/mol. The largest absolute Gasteiger partial charge is 0.360 e. The Morgan fingerprint density at radius 2 is 1.75 bits per heavy atom. The van der Waals surface area contributed by atoms with Crippen molar-refractivity contribution in [1.29, 1.82) is 5.26 Å². The van der Waals surface area contributed by atoms with E-state index in [2.05, 4.69) is 31.8 Å². The lowest BCUT2D eigenvalue weighted by atomic mass is 10.1. The molecule has 0 unspecified atom stereocenters. The van der Waals surface area contributed by atoms with Crippen LogP contribution in [0.25, 0.3) is 11.3 Å². The monoisotopic (exact) mass is 368 g/mol. The Morgan fingerprint density at radius 1 is 0.893 bits per heavy atom. The zero-order chi connectivity index (χ0) is 19.3. The van der Waals surface area contributed by atoms with Gasteiger partial charge in [0.05, 0.1) is 17.3 Å². The van der Waals surface area contributed by atoms with Crippen molar-refractivity contribution in [1.82, 2.24) is 15.1 Å². The highest BCUT2D eigenvalue weighted by molar-refractivity contribution is 5.68. The molecule has 0 spiro atoms. The molecule has 2 N–H and O–H groups in total. The lowest BCUT2D eigenvalue weighted by molar-refractivity contribution is 0.400. The van der Waals surface area contributed by atoms with Crippen LogP contribution in [-0.2, 0) is 0 Å². The van der Waals surface area contributed by atoms with Crippen molar-refractivity contribution in [3.05, 3.63) is 78.1 Å². The molecule has 0 atom stereocenters. The van der Waals surface area contributed by atoms with Crippen molar-refractivity contribution in [2.24, 2.45) is 0 Å². The topological polar surface area (TPSA) is 99.7 Å². The second-order valence-electron chi connectivity index (χ2n) is 6.09. The highest BCUT2D eigenvalue weighted by atomic mass is 16.5. The highest BCUT2D eigenvalue weighted by Gasteiger charge is 2.10. The molecule has 0 radical (unpaired) electrons. The van der Waals surface area contributed by atoms with Crippen molar-refractivity contribution in [3.63, 3.8) is 0 Å². The summed E-state index contributed by atoms with van der Waals surface area (Å²) in [5, 5.41) is 19.3. The molecule has 28 heavy (non-hydrogen) atoms. The van der Waals surface area contributed by atoms with E-state index in [9.17, 15) is 0 Å². The fourth-order valence-electron chi connectivity index (χ4n) is 2.68. The van der Waals surface area contributed by atoms with Gasteiger partial charge in [0.1, 0.15) is 11.6 Å². The molecule has 2 aromatic carbocycles. The Balaban J connectivity index is 1.71. The number of aromatic nitrogens is 3. The van der Waals surface area contributed by atoms with Gasteiger partial charge in [0.15, 0.2) is 5.82 Å². The van der Waals surface area contributed by atoms with Crippen LogP contribution in [-0.4, -0.2) is 15.1 Å². The Morgan fingerprint density at radius 3 is 2.50 bits per heavy atom. The average molecular weight is 368 g/mol. The van der Waals surface area contributed by atoms with Crippen LogP contribution in [0.3, 0.4) is 0 Å². The average Bonchev–Trinajstić information content (AvgIpc) is 3.13. The fourth-order valence-corrected chi connectivity index (χ4v) is 2.68. The van der Waals surface area contributed by atoms with Gasteiger partial charge in [-0.05, 0) is 25.1 Å². The van der Waals surface area contributed by atoms with Crippen LogP contribution < -0.4 is 10.6 Å². The van der Waals surface area contributed by atoms with E-state index in [0.717, 1.165) is 16.9 Å². The van der Waals surface area contributed by atoms with E-state index in [0.29, 0.717) is 28.9 Å². The zero-order valence-corrected chi connectivity index (χ0v) is 15.0. The highest BCUT2D eigenvalue weighted by Crippen LogP contribution is 2.25. The molecule has 0 amide bonds. The van der Waals surface area contributed by atoms with Crippen LogP contribution in [0.15, 0.2) is 71.3 Å². The third kappa shape index (κ3) is 3.97. The molecule has 136 valence electrons. The van der Waals surface area contributed by atoms with E-state index in [1.165, 1.54) is 0 Å². The molecule has 2 aromatic heterocycles. The molecule has 0 bridgehead atoms. The lowest BCUT2D eigenvalue weighted by Crippen LogP contribution is -2.02. The van der Waals surface area contributed by atoms with E-state index >= 15 is 0 Å². The summed E-state index contributed by atoms with van der Waals surface area (Å²) < 4.78 is 5.09. The Labute approximate surface area is 161 Å². The van der Waals surface area contributed by atoms with Crippen molar-refractivity contribution < 1.29 is 4.52 Å². The minimum Gasteiger partial charge on any atom is -0.360 e. The van der Waals surface area contributed by atoms with Gasteiger partial charge < -0.3 is 15.2 Å². The van der Waals surface area contributed by atoms with E-state index < -0.39 is 0 Å². The van der Waals surface area contributed by atoms with Gasteiger partial charge >= 0.3 is 0 Å². The maximum Gasteiger partial charge on any atom is 0.231 e. The van der Waals surface area contributed by atoms with Crippen LogP contribution in [0.4, 0.5) is 23.3 Å². The van der Waals surface area contributed by atoms with Gasteiger partial charge in [0.2, 0.25) is 5.95 Å². The summed E-state index contributed by atoms with van der Waals surface area (Å²) in [5.41, 5.74) is 3.04. The number of hydrogen-bond acceptors (Lipinski definition) is 7. The van der Waals surface area contributed by atoms with Crippen LogP contribution >= 0.6 is 0 Å². The van der Waals surface area contributed by atoms with Crippen LogP contribution in [0.5, 0.6) is 0 Å². The van der Waals surface area contributed by atoms with Gasteiger partial charge in [-0.1, -0.05) is 41.6 Å². The van der Waals surface area contributed by atoms with E-state index in [1.807, 2.05) is 55.5 Å². The molecule has 0 fully saturated rings. The number of nitrogens with one attached hydrogen (secondary N) is 2. The molecule has 4 aromatic rings. The quantitative estimate of drug-likeness (QED) is 0.522. The number of aryl methyl sites for hydroxylation is 1. The first-order valence-corrected chi connectivity index (χ1v) is 8.62. The van der Waals surface area contributed by atoms with Crippen LogP contribution in [0.2, 0.25) is 0 Å². The summed E-state index contributed by atoms with van der Waals surface area (Å²) in [6.07, 6.45) is 0. The Kier molecular flexibility index (Phi) is 4.68. The van der Waals surface area contributed by atoms with Gasteiger partial charge in [-0.2, -0.15) is 10.2 Å². The number of benzene rings is 2. The molecule has 4 rings (SSSR count). The Bertz CT molecular complexity index is 1150.